The third-order valence-electron chi connectivity index (χ3n) is 4.78. The topological polar surface area (TPSA) is 64.4 Å². The predicted molar refractivity (Wildman–Crippen MR) is 127 cm³/mol. The molecule has 0 aliphatic carbocycles. The van der Waals surface area contributed by atoms with Gasteiger partial charge in [0, 0.05) is 39.3 Å². The van der Waals surface area contributed by atoms with Crippen LogP contribution in [0.3, 0.4) is 0 Å². The molecule has 0 aliphatic heterocycles. The summed E-state index contributed by atoms with van der Waals surface area (Å²) in [5.41, 5.74) is 4.23. The fourth-order valence-corrected chi connectivity index (χ4v) is 3.81. The number of hydrogen-bond acceptors (Lipinski definition) is 4. The van der Waals surface area contributed by atoms with Gasteiger partial charge in [-0.3, -0.25) is 4.79 Å². The molecule has 0 unspecified atom stereocenters. The van der Waals surface area contributed by atoms with Crippen molar-refractivity contribution in [3.63, 3.8) is 0 Å². The Labute approximate surface area is 192 Å². The van der Waals surface area contributed by atoms with Gasteiger partial charge in [-0.25, -0.2) is 4.98 Å². The first kappa shape index (κ1) is 21.2. The van der Waals surface area contributed by atoms with Crippen LogP contribution in [0.4, 0.5) is 5.82 Å². The summed E-state index contributed by atoms with van der Waals surface area (Å²) in [5, 5.41) is 4.17. The molecular weight excluding hydrogens is 480 g/mol. The maximum Gasteiger partial charge on any atom is 0.249 e. The molecule has 0 fully saturated rings. The first-order valence-corrected chi connectivity index (χ1v) is 10.6. The molecule has 2 aromatic heterocycles. The molecule has 0 atom stereocenters. The van der Waals surface area contributed by atoms with E-state index in [0.717, 1.165) is 32.1 Å². The van der Waals surface area contributed by atoms with E-state index in [1.54, 1.807) is 25.5 Å². The molecule has 0 bridgehead atoms. The maximum absolute atomic E-state index is 12.5. The Morgan fingerprint density at radius 3 is 2.77 bits per heavy atom. The summed E-state index contributed by atoms with van der Waals surface area (Å²) >= 11 is 9.35. The summed E-state index contributed by atoms with van der Waals surface area (Å²) in [5.74, 6) is 0.746. The number of amides is 1. The number of pyridine rings is 1. The van der Waals surface area contributed by atoms with Crippen molar-refractivity contribution in [3.8, 4) is 16.9 Å². The van der Waals surface area contributed by atoms with E-state index in [1.807, 2.05) is 43.3 Å². The molecule has 0 aliphatic rings. The van der Waals surface area contributed by atoms with Gasteiger partial charge in [-0.2, -0.15) is 0 Å². The van der Waals surface area contributed by atoms with Gasteiger partial charge < -0.3 is 14.5 Å². The van der Waals surface area contributed by atoms with E-state index in [2.05, 4.69) is 26.2 Å². The second-order valence-corrected chi connectivity index (χ2v) is 8.24. The quantitative estimate of drug-likeness (QED) is 0.303. The Bertz CT molecular complexity index is 1300. The smallest absolute Gasteiger partial charge is 0.249 e. The fourth-order valence-electron chi connectivity index (χ4n) is 3.30. The molecule has 0 spiro atoms. The molecule has 4 rings (SSSR count). The normalized spacial score (nSPS) is 11.5. The summed E-state index contributed by atoms with van der Waals surface area (Å²) in [7, 11) is 1.59. The van der Waals surface area contributed by atoms with Gasteiger partial charge in [0.05, 0.1) is 18.4 Å². The van der Waals surface area contributed by atoms with E-state index in [-0.39, 0.29) is 5.91 Å². The Kier molecular flexibility index (Phi) is 6.11. The first-order valence-electron chi connectivity index (χ1n) is 9.41. The van der Waals surface area contributed by atoms with Gasteiger partial charge in [0.1, 0.15) is 17.2 Å². The van der Waals surface area contributed by atoms with Crippen molar-refractivity contribution in [2.24, 2.45) is 0 Å². The van der Waals surface area contributed by atoms with Crippen molar-refractivity contribution in [2.45, 2.75) is 6.92 Å². The molecule has 5 nitrogen and oxygen atoms in total. The van der Waals surface area contributed by atoms with E-state index in [1.165, 1.54) is 12.3 Å². The van der Waals surface area contributed by atoms with Gasteiger partial charge in [-0.1, -0.05) is 39.7 Å². The number of allylic oxidation sites excluding steroid dienone is 1. The van der Waals surface area contributed by atoms with E-state index < -0.39 is 0 Å². The highest BCUT2D eigenvalue weighted by Crippen LogP contribution is 2.37. The summed E-state index contributed by atoms with van der Waals surface area (Å²) in [6, 6.07) is 15.1. The first-order chi connectivity index (χ1) is 14.9. The second-order valence-electron chi connectivity index (χ2n) is 6.89. The lowest BCUT2D eigenvalue weighted by Gasteiger charge is -2.10. The summed E-state index contributed by atoms with van der Waals surface area (Å²) in [4.78, 5) is 16.6. The minimum Gasteiger partial charge on any atom is -0.496 e. The highest BCUT2D eigenvalue weighted by Gasteiger charge is 2.15. The molecule has 1 N–H and O–H groups in total. The fraction of sp³-hybridized carbons (Fsp3) is 0.0833. The van der Waals surface area contributed by atoms with Gasteiger partial charge in [0.2, 0.25) is 5.91 Å². The SMILES string of the molecule is COc1cc2occ(-c3cccc(Br)c3)c2cc1/C(C)=C/C(=O)Nc1ccc(Cl)cn1. The molecule has 0 saturated carbocycles. The molecule has 0 radical (unpaired) electrons. The van der Waals surface area contributed by atoms with Crippen LogP contribution in [-0.2, 0) is 4.79 Å². The minimum absolute atomic E-state index is 0.297. The molecule has 156 valence electrons. The average molecular weight is 498 g/mol. The van der Waals surface area contributed by atoms with Gasteiger partial charge >= 0.3 is 0 Å². The lowest BCUT2D eigenvalue weighted by molar-refractivity contribution is -0.111. The van der Waals surface area contributed by atoms with Gasteiger partial charge in [-0.15, -0.1) is 0 Å². The molecule has 4 aromatic rings. The van der Waals surface area contributed by atoms with E-state index in [4.69, 9.17) is 20.8 Å². The molecule has 2 heterocycles. The van der Waals surface area contributed by atoms with Crippen molar-refractivity contribution < 1.29 is 13.9 Å². The Morgan fingerprint density at radius 2 is 2.06 bits per heavy atom. The van der Waals surface area contributed by atoms with E-state index in [9.17, 15) is 4.79 Å². The molecule has 0 saturated heterocycles. The monoisotopic (exact) mass is 496 g/mol. The van der Waals surface area contributed by atoms with Crippen LogP contribution in [0.25, 0.3) is 27.7 Å². The number of nitrogens with zero attached hydrogens (tertiary/aromatic N) is 1. The molecular formula is C24H18BrClN2O3. The number of anilines is 1. The largest absolute Gasteiger partial charge is 0.496 e. The highest BCUT2D eigenvalue weighted by atomic mass is 79.9. The lowest BCUT2D eigenvalue weighted by Crippen LogP contribution is -2.09. The van der Waals surface area contributed by atoms with Crippen LogP contribution in [0, 0.1) is 0 Å². The number of fused-ring (bicyclic) bond motifs is 1. The number of hydrogen-bond donors (Lipinski definition) is 1. The summed E-state index contributed by atoms with van der Waals surface area (Å²) in [6.07, 6.45) is 4.72. The standard InChI is InChI=1S/C24H18BrClN2O3/c1-14(8-24(29)28-23-7-6-17(26)12-27-23)18-10-19-20(15-4-3-5-16(25)9-15)13-31-22(19)11-21(18)30-2/h3-13H,1-2H3,(H,27,28,29)/b14-8+. The van der Waals surface area contributed by atoms with Crippen molar-refractivity contribution in [2.75, 3.05) is 12.4 Å². The third kappa shape index (κ3) is 4.65. The number of furan rings is 1. The number of rotatable bonds is 5. The van der Waals surface area contributed by atoms with Crippen LogP contribution >= 0.6 is 27.5 Å². The number of aromatic nitrogens is 1. The van der Waals surface area contributed by atoms with Crippen molar-refractivity contribution in [3.05, 3.63) is 82.1 Å². The van der Waals surface area contributed by atoms with Crippen molar-refractivity contribution >= 4 is 55.8 Å². The Balaban J connectivity index is 1.71. The van der Waals surface area contributed by atoms with Crippen LogP contribution in [0.15, 0.2) is 76.0 Å². The molecule has 1 amide bonds. The Hall–Kier alpha value is -3.09. The van der Waals surface area contributed by atoms with Gasteiger partial charge in [0.25, 0.3) is 0 Å². The number of nitrogens with one attached hydrogen (secondary N) is 1. The molecule has 31 heavy (non-hydrogen) atoms. The van der Waals surface area contributed by atoms with Crippen LogP contribution in [0.2, 0.25) is 5.02 Å². The number of ether oxygens (including phenoxy) is 1. The zero-order valence-electron chi connectivity index (χ0n) is 16.8. The van der Waals surface area contributed by atoms with Crippen LogP contribution in [0.1, 0.15) is 12.5 Å². The van der Waals surface area contributed by atoms with E-state index >= 15 is 0 Å². The van der Waals surface area contributed by atoms with Crippen LogP contribution in [-0.4, -0.2) is 18.0 Å². The van der Waals surface area contributed by atoms with Gasteiger partial charge in [0.15, 0.2) is 0 Å². The predicted octanol–water partition coefficient (Wildman–Crippen LogP) is 6.96. The Morgan fingerprint density at radius 1 is 1.23 bits per heavy atom. The van der Waals surface area contributed by atoms with Crippen molar-refractivity contribution in [1.82, 2.24) is 4.98 Å². The zero-order chi connectivity index (χ0) is 22.0. The number of halogens is 2. The van der Waals surface area contributed by atoms with Gasteiger partial charge in [-0.05, 0) is 48.4 Å². The minimum atomic E-state index is -0.297. The van der Waals surface area contributed by atoms with Crippen molar-refractivity contribution in [1.29, 1.82) is 0 Å². The molecule has 2 aromatic carbocycles. The number of carbonyl (C=O) groups is 1. The van der Waals surface area contributed by atoms with E-state index in [0.29, 0.717) is 22.2 Å². The maximum atomic E-state index is 12.5. The average Bonchev–Trinajstić information content (AvgIpc) is 3.17. The number of benzene rings is 2. The molecule has 7 heteroatoms. The number of methoxy groups -OCH3 is 1. The number of carbonyl (C=O) groups excluding carboxylic acids is 1. The third-order valence-corrected chi connectivity index (χ3v) is 5.50. The zero-order valence-corrected chi connectivity index (χ0v) is 19.1. The highest BCUT2D eigenvalue weighted by molar-refractivity contribution is 9.10. The summed E-state index contributed by atoms with van der Waals surface area (Å²) < 4.78 is 12.3. The van der Waals surface area contributed by atoms with Crippen LogP contribution < -0.4 is 10.1 Å². The summed E-state index contributed by atoms with van der Waals surface area (Å²) in [6.45, 7) is 1.86. The second kappa shape index (κ2) is 8.96. The van der Waals surface area contributed by atoms with Crippen LogP contribution in [0.5, 0.6) is 5.75 Å². The lowest BCUT2D eigenvalue weighted by atomic mass is 9.99.